The SMILES string of the molecule is C=CC(C)(C)c1nc2ccccc2s1. The number of rotatable bonds is 2. The van der Waals surface area contributed by atoms with Crippen LogP contribution in [0.1, 0.15) is 18.9 Å². The van der Waals surface area contributed by atoms with Crippen molar-refractivity contribution in [2.75, 3.05) is 0 Å². The van der Waals surface area contributed by atoms with Gasteiger partial charge in [0.2, 0.25) is 0 Å². The number of fused-ring (bicyclic) bond motifs is 1. The van der Waals surface area contributed by atoms with Gasteiger partial charge in [0.15, 0.2) is 0 Å². The number of allylic oxidation sites excluding steroid dienone is 1. The molecule has 0 atom stereocenters. The van der Waals surface area contributed by atoms with E-state index in [9.17, 15) is 0 Å². The molecule has 0 fully saturated rings. The molecule has 0 saturated carbocycles. The van der Waals surface area contributed by atoms with Gasteiger partial charge < -0.3 is 0 Å². The van der Waals surface area contributed by atoms with Gasteiger partial charge in [-0.05, 0) is 26.0 Å². The fourth-order valence-electron chi connectivity index (χ4n) is 1.24. The smallest absolute Gasteiger partial charge is 0.103 e. The Labute approximate surface area is 88.1 Å². The maximum Gasteiger partial charge on any atom is 0.103 e. The standard InChI is InChI=1S/C12H13NS/c1-4-12(2,3)11-13-9-7-5-6-8-10(9)14-11/h4-8H,1H2,2-3H3. The van der Waals surface area contributed by atoms with E-state index in [0.717, 1.165) is 10.5 Å². The molecule has 1 aromatic carbocycles. The Balaban J connectivity index is 2.60. The van der Waals surface area contributed by atoms with Crippen molar-refractivity contribution in [3.63, 3.8) is 0 Å². The topological polar surface area (TPSA) is 12.9 Å². The molecular weight excluding hydrogens is 190 g/mol. The lowest BCUT2D eigenvalue weighted by Crippen LogP contribution is -2.11. The molecule has 0 saturated heterocycles. The van der Waals surface area contributed by atoms with Crippen molar-refractivity contribution in [3.8, 4) is 0 Å². The molecule has 0 unspecified atom stereocenters. The molecule has 1 nitrogen and oxygen atoms in total. The monoisotopic (exact) mass is 203 g/mol. The van der Waals surface area contributed by atoms with E-state index in [0.29, 0.717) is 0 Å². The molecule has 72 valence electrons. The molecule has 14 heavy (non-hydrogen) atoms. The van der Waals surface area contributed by atoms with Gasteiger partial charge in [0.25, 0.3) is 0 Å². The second kappa shape index (κ2) is 3.21. The lowest BCUT2D eigenvalue weighted by atomic mass is 9.95. The molecule has 0 aliphatic rings. The molecule has 1 aromatic heterocycles. The lowest BCUT2D eigenvalue weighted by molar-refractivity contribution is 0.667. The van der Waals surface area contributed by atoms with Gasteiger partial charge in [-0.1, -0.05) is 18.2 Å². The summed E-state index contributed by atoms with van der Waals surface area (Å²) in [6.45, 7) is 8.12. The molecule has 0 spiro atoms. The summed E-state index contributed by atoms with van der Waals surface area (Å²) in [6, 6.07) is 8.22. The highest BCUT2D eigenvalue weighted by molar-refractivity contribution is 7.18. The molecule has 2 aromatic rings. The van der Waals surface area contributed by atoms with Crippen molar-refractivity contribution in [2.24, 2.45) is 0 Å². The van der Waals surface area contributed by atoms with Crippen LogP contribution in [0.3, 0.4) is 0 Å². The molecule has 0 radical (unpaired) electrons. The summed E-state index contributed by atoms with van der Waals surface area (Å²) in [5.41, 5.74) is 1.06. The van der Waals surface area contributed by atoms with Gasteiger partial charge >= 0.3 is 0 Å². The molecule has 0 bridgehead atoms. The van der Waals surface area contributed by atoms with Crippen LogP contribution in [0.25, 0.3) is 10.2 Å². The number of thiazole rings is 1. The fourth-order valence-corrected chi connectivity index (χ4v) is 2.30. The summed E-state index contributed by atoms with van der Waals surface area (Å²) in [7, 11) is 0. The summed E-state index contributed by atoms with van der Waals surface area (Å²) in [6.07, 6.45) is 1.95. The zero-order valence-corrected chi connectivity index (χ0v) is 9.27. The van der Waals surface area contributed by atoms with Crippen LogP contribution >= 0.6 is 11.3 Å². The van der Waals surface area contributed by atoms with E-state index in [1.165, 1.54) is 4.70 Å². The first-order valence-electron chi connectivity index (χ1n) is 4.63. The van der Waals surface area contributed by atoms with Crippen molar-refractivity contribution in [3.05, 3.63) is 41.9 Å². The average Bonchev–Trinajstić information content (AvgIpc) is 2.61. The first-order valence-corrected chi connectivity index (χ1v) is 5.45. The first-order chi connectivity index (χ1) is 6.63. The van der Waals surface area contributed by atoms with Crippen LogP contribution in [-0.4, -0.2) is 4.98 Å². The Morgan fingerprint density at radius 2 is 2.07 bits per heavy atom. The predicted octanol–water partition coefficient (Wildman–Crippen LogP) is 3.76. The summed E-state index contributed by atoms with van der Waals surface area (Å²) in [4.78, 5) is 4.60. The molecule has 0 aliphatic carbocycles. The van der Waals surface area contributed by atoms with Gasteiger partial charge in [0, 0.05) is 5.41 Å². The number of aromatic nitrogens is 1. The minimum absolute atomic E-state index is 0.0241. The Hall–Kier alpha value is -1.15. The number of hydrogen-bond donors (Lipinski definition) is 0. The number of para-hydroxylation sites is 1. The fraction of sp³-hybridized carbons (Fsp3) is 0.250. The third-order valence-corrected chi connectivity index (χ3v) is 3.73. The first kappa shape index (κ1) is 9.41. The Kier molecular flexibility index (Phi) is 2.16. The van der Waals surface area contributed by atoms with Crippen LogP contribution in [0, 0.1) is 0 Å². The van der Waals surface area contributed by atoms with E-state index >= 15 is 0 Å². The molecule has 0 amide bonds. The quantitative estimate of drug-likeness (QED) is 0.677. The van der Waals surface area contributed by atoms with E-state index in [1.807, 2.05) is 18.2 Å². The molecule has 0 aliphatic heterocycles. The van der Waals surface area contributed by atoms with Crippen molar-refractivity contribution < 1.29 is 0 Å². The number of benzene rings is 1. The van der Waals surface area contributed by atoms with E-state index < -0.39 is 0 Å². The average molecular weight is 203 g/mol. The van der Waals surface area contributed by atoms with Gasteiger partial charge in [-0.2, -0.15) is 0 Å². The second-order valence-corrected chi connectivity index (χ2v) is 4.94. The van der Waals surface area contributed by atoms with Crippen LogP contribution in [0.5, 0.6) is 0 Å². The van der Waals surface area contributed by atoms with Crippen molar-refractivity contribution in [1.82, 2.24) is 4.98 Å². The third kappa shape index (κ3) is 1.46. The Bertz CT molecular complexity index is 435. The van der Waals surface area contributed by atoms with Crippen molar-refractivity contribution in [2.45, 2.75) is 19.3 Å². The molecule has 1 heterocycles. The number of hydrogen-bond acceptors (Lipinski definition) is 2. The normalized spacial score (nSPS) is 11.9. The highest BCUT2D eigenvalue weighted by Crippen LogP contribution is 2.31. The third-order valence-electron chi connectivity index (χ3n) is 2.36. The summed E-state index contributed by atoms with van der Waals surface area (Å²) in [5.74, 6) is 0. The second-order valence-electron chi connectivity index (χ2n) is 3.91. The predicted molar refractivity (Wildman–Crippen MR) is 62.8 cm³/mol. The molecular formula is C12H13NS. The lowest BCUT2D eigenvalue weighted by Gasteiger charge is -2.15. The van der Waals surface area contributed by atoms with Crippen LogP contribution in [-0.2, 0) is 5.41 Å². The van der Waals surface area contributed by atoms with Crippen LogP contribution in [0.2, 0.25) is 0 Å². The minimum Gasteiger partial charge on any atom is -0.240 e. The van der Waals surface area contributed by atoms with Gasteiger partial charge in [-0.15, -0.1) is 17.9 Å². The molecule has 2 heteroatoms. The van der Waals surface area contributed by atoms with E-state index in [1.54, 1.807) is 11.3 Å². The summed E-state index contributed by atoms with van der Waals surface area (Å²) in [5, 5.41) is 1.13. The summed E-state index contributed by atoms with van der Waals surface area (Å²) < 4.78 is 1.25. The molecule has 2 rings (SSSR count). The number of nitrogens with zero attached hydrogens (tertiary/aromatic N) is 1. The van der Waals surface area contributed by atoms with Crippen LogP contribution in [0.15, 0.2) is 36.9 Å². The van der Waals surface area contributed by atoms with Crippen LogP contribution < -0.4 is 0 Å². The summed E-state index contributed by atoms with van der Waals surface area (Å²) >= 11 is 1.75. The zero-order valence-electron chi connectivity index (χ0n) is 8.45. The molecule has 0 N–H and O–H groups in total. The largest absolute Gasteiger partial charge is 0.240 e. The zero-order chi connectivity index (χ0) is 10.2. The van der Waals surface area contributed by atoms with Crippen molar-refractivity contribution >= 4 is 21.6 Å². The van der Waals surface area contributed by atoms with Crippen molar-refractivity contribution in [1.29, 1.82) is 0 Å². The van der Waals surface area contributed by atoms with Gasteiger partial charge in [-0.25, -0.2) is 4.98 Å². The maximum absolute atomic E-state index is 4.60. The highest BCUT2D eigenvalue weighted by atomic mass is 32.1. The van der Waals surface area contributed by atoms with E-state index in [-0.39, 0.29) is 5.41 Å². The van der Waals surface area contributed by atoms with Gasteiger partial charge in [0.1, 0.15) is 5.01 Å². The Morgan fingerprint density at radius 3 is 2.71 bits per heavy atom. The minimum atomic E-state index is -0.0241. The highest BCUT2D eigenvalue weighted by Gasteiger charge is 2.20. The Morgan fingerprint density at radius 1 is 1.36 bits per heavy atom. The maximum atomic E-state index is 4.60. The van der Waals surface area contributed by atoms with Gasteiger partial charge in [-0.3, -0.25) is 0 Å². The van der Waals surface area contributed by atoms with E-state index in [4.69, 9.17) is 0 Å². The van der Waals surface area contributed by atoms with E-state index in [2.05, 4.69) is 37.5 Å². The van der Waals surface area contributed by atoms with Gasteiger partial charge in [0.05, 0.1) is 10.2 Å². The van der Waals surface area contributed by atoms with Crippen LogP contribution in [0.4, 0.5) is 0 Å².